The van der Waals surface area contributed by atoms with E-state index in [1.165, 1.54) is 14.0 Å². The highest BCUT2D eigenvalue weighted by atomic mass is 16.5. The molecule has 0 aromatic rings. The van der Waals surface area contributed by atoms with E-state index in [0.29, 0.717) is 0 Å². The van der Waals surface area contributed by atoms with Gasteiger partial charge >= 0.3 is 11.9 Å². The van der Waals surface area contributed by atoms with Gasteiger partial charge in [0.2, 0.25) is 0 Å². The predicted octanol–water partition coefficient (Wildman–Crippen LogP) is 1.30. The first-order valence-corrected chi connectivity index (χ1v) is 3.49. The number of carboxylic acid groups (broad SMARTS) is 1. The van der Waals surface area contributed by atoms with Crippen LogP contribution >= 0.6 is 0 Å². The topological polar surface area (TPSA) is 63.6 Å². The smallest absolute Gasteiger partial charge is 0.308 e. The summed E-state index contributed by atoms with van der Waals surface area (Å²) in [5.41, 5.74) is -0.583. The van der Waals surface area contributed by atoms with Crippen LogP contribution in [0.1, 0.15) is 27.7 Å². The number of carbonyl (C=O) groups is 2. The lowest BCUT2D eigenvalue weighted by Gasteiger charge is -2.08. The van der Waals surface area contributed by atoms with E-state index >= 15 is 0 Å². The van der Waals surface area contributed by atoms with E-state index in [9.17, 15) is 9.59 Å². The summed E-state index contributed by atoms with van der Waals surface area (Å²) in [5.74, 6) is -1.00. The van der Waals surface area contributed by atoms with Crippen molar-refractivity contribution in [2.75, 3.05) is 7.11 Å². The van der Waals surface area contributed by atoms with Gasteiger partial charge in [-0.05, 0) is 20.8 Å². The minimum Gasteiger partial charge on any atom is -0.481 e. The number of methoxy groups -OCH3 is 1. The van der Waals surface area contributed by atoms with Crippen molar-refractivity contribution in [1.29, 1.82) is 0 Å². The minimum atomic E-state index is -0.757. The van der Waals surface area contributed by atoms with Crippen molar-refractivity contribution in [2.45, 2.75) is 27.7 Å². The quantitative estimate of drug-likeness (QED) is 0.565. The number of hydrogen-bond donors (Lipinski definition) is 1. The monoisotopic (exact) mass is 176 g/mol. The number of aliphatic carboxylic acids is 1. The number of carbonyl (C=O) groups excluding carboxylic acids is 1. The first-order chi connectivity index (χ1) is 5.21. The molecular weight excluding hydrogens is 160 g/mol. The van der Waals surface area contributed by atoms with Crippen LogP contribution in [0.15, 0.2) is 0 Å². The molecule has 0 unspecified atom stereocenters. The number of carboxylic acids is 1. The van der Waals surface area contributed by atoms with Crippen LogP contribution in [-0.4, -0.2) is 24.2 Å². The lowest BCUT2D eigenvalue weighted by atomic mass is 9.98. The molecule has 0 saturated heterocycles. The lowest BCUT2D eigenvalue weighted by molar-refractivity contribution is -0.145. The Morgan fingerprint density at radius 1 is 1.25 bits per heavy atom. The molecule has 0 aliphatic heterocycles. The van der Waals surface area contributed by atoms with Gasteiger partial charge in [0.25, 0.3) is 0 Å². The molecule has 0 fully saturated rings. The van der Waals surface area contributed by atoms with Gasteiger partial charge in [0, 0.05) is 6.92 Å². The molecule has 0 heterocycles. The van der Waals surface area contributed by atoms with Gasteiger partial charge in [0.05, 0.1) is 12.5 Å². The van der Waals surface area contributed by atoms with Gasteiger partial charge in [-0.3, -0.25) is 9.59 Å². The van der Waals surface area contributed by atoms with E-state index in [1.54, 1.807) is 20.8 Å². The van der Waals surface area contributed by atoms with Gasteiger partial charge < -0.3 is 9.84 Å². The van der Waals surface area contributed by atoms with Gasteiger partial charge in [-0.2, -0.15) is 0 Å². The zero-order valence-corrected chi connectivity index (χ0v) is 8.17. The lowest BCUT2D eigenvalue weighted by Crippen LogP contribution is -2.18. The summed E-state index contributed by atoms with van der Waals surface area (Å²) < 4.78 is 4.11. The van der Waals surface area contributed by atoms with E-state index in [2.05, 4.69) is 4.74 Å². The number of ether oxygens (including phenoxy) is 1. The van der Waals surface area contributed by atoms with Gasteiger partial charge in [-0.25, -0.2) is 0 Å². The first kappa shape index (κ1) is 13.5. The molecule has 0 rings (SSSR count). The van der Waals surface area contributed by atoms with Crippen molar-refractivity contribution >= 4 is 11.9 Å². The summed E-state index contributed by atoms with van der Waals surface area (Å²) in [6, 6.07) is 0. The third kappa shape index (κ3) is 11.7. The van der Waals surface area contributed by atoms with E-state index in [0.717, 1.165) is 0 Å². The van der Waals surface area contributed by atoms with Crippen LogP contribution in [-0.2, 0) is 14.3 Å². The largest absolute Gasteiger partial charge is 0.481 e. The molecule has 1 N–H and O–H groups in total. The van der Waals surface area contributed by atoms with Crippen molar-refractivity contribution in [3.63, 3.8) is 0 Å². The van der Waals surface area contributed by atoms with Crippen LogP contribution in [0.5, 0.6) is 0 Å². The molecule has 0 aromatic carbocycles. The van der Waals surface area contributed by atoms with Crippen LogP contribution < -0.4 is 0 Å². The molecular formula is C8H16O4. The Labute approximate surface area is 72.5 Å². The third-order valence-corrected chi connectivity index (χ3v) is 0.929. The van der Waals surface area contributed by atoms with Crippen LogP contribution in [0.4, 0.5) is 0 Å². The molecule has 0 aliphatic carbocycles. The summed E-state index contributed by atoms with van der Waals surface area (Å²) in [4.78, 5) is 19.6. The van der Waals surface area contributed by atoms with E-state index in [-0.39, 0.29) is 5.97 Å². The predicted molar refractivity (Wildman–Crippen MR) is 44.8 cm³/mol. The normalized spacial score (nSPS) is 9.42. The number of rotatable bonds is 0. The summed E-state index contributed by atoms with van der Waals surface area (Å²) in [6.07, 6.45) is 0. The van der Waals surface area contributed by atoms with Crippen molar-refractivity contribution in [1.82, 2.24) is 0 Å². The second-order valence-corrected chi connectivity index (χ2v) is 3.25. The van der Waals surface area contributed by atoms with E-state index in [4.69, 9.17) is 5.11 Å². The standard InChI is InChI=1S/C5H10O2.C3H6O2/c1-5(2,3)4(6)7;1-3(4)5-2/h1-3H3,(H,6,7);1-2H3. The van der Waals surface area contributed by atoms with Crippen molar-refractivity contribution in [3.8, 4) is 0 Å². The van der Waals surface area contributed by atoms with Gasteiger partial charge in [-0.15, -0.1) is 0 Å². The zero-order chi connectivity index (χ0) is 10.4. The first-order valence-electron chi connectivity index (χ1n) is 3.49. The highest BCUT2D eigenvalue weighted by molar-refractivity contribution is 5.72. The fraction of sp³-hybridized carbons (Fsp3) is 0.750. The SMILES string of the molecule is CC(C)(C)C(=O)O.COC(C)=O. The minimum absolute atomic E-state index is 0.245. The molecule has 0 saturated carbocycles. The average molecular weight is 176 g/mol. The van der Waals surface area contributed by atoms with Crippen molar-refractivity contribution < 1.29 is 19.4 Å². The maximum absolute atomic E-state index is 10.0. The Hall–Kier alpha value is -1.06. The Kier molecular flexibility index (Phi) is 6.28. The molecule has 4 nitrogen and oxygen atoms in total. The fourth-order valence-corrected chi connectivity index (χ4v) is 0. The Balaban J connectivity index is 0. The Morgan fingerprint density at radius 3 is 1.42 bits per heavy atom. The van der Waals surface area contributed by atoms with Crippen molar-refractivity contribution in [2.24, 2.45) is 5.41 Å². The third-order valence-electron chi connectivity index (χ3n) is 0.929. The highest BCUT2D eigenvalue weighted by Gasteiger charge is 2.18. The van der Waals surface area contributed by atoms with Gasteiger partial charge in [0.1, 0.15) is 0 Å². The molecule has 0 aromatic heterocycles. The van der Waals surface area contributed by atoms with Crippen LogP contribution in [0.3, 0.4) is 0 Å². The molecule has 0 spiro atoms. The number of hydrogen-bond acceptors (Lipinski definition) is 3. The zero-order valence-electron chi connectivity index (χ0n) is 8.17. The van der Waals surface area contributed by atoms with Crippen LogP contribution in [0.2, 0.25) is 0 Å². The molecule has 0 bridgehead atoms. The second-order valence-electron chi connectivity index (χ2n) is 3.25. The Morgan fingerprint density at radius 2 is 1.42 bits per heavy atom. The van der Waals surface area contributed by atoms with E-state index in [1.807, 2.05) is 0 Å². The Bertz CT molecular complexity index is 155. The van der Waals surface area contributed by atoms with Crippen molar-refractivity contribution in [3.05, 3.63) is 0 Å². The molecule has 0 radical (unpaired) electrons. The summed E-state index contributed by atoms with van der Waals surface area (Å²) in [7, 11) is 1.35. The molecule has 72 valence electrons. The fourth-order valence-electron chi connectivity index (χ4n) is 0. The molecule has 12 heavy (non-hydrogen) atoms. The highest BCUT2D eigenvalue weighted by Crippen LogP contribution is 2.11. The molecule has 4 heteroatoms. The maximum Gasteiger partial charge on any atom is 0.308 e. The summed E-state index contributed by atoms with van der Waals surface area (Å²) in [5, 5.41) is 8.25. The molecule has 0 atom stereocenters. The van der Waals surface area contributed by atoms with Gasteiger partial charge in [0.15, 0.2) is 0 Å². The molecule has 0 aliphatic rings. The summed E-state index contributed by atoms with van der Waals surface area (Å²) >= 11 is 0. The summed E-state index contributed by atoms with van der Waals surface area (Å²) in [6.45, 7) is 6.35. The maximum atomic E-state index is 10.0. The number of esters is 1. The molecule has 0 amide bonds. The van der Waals surface area contributed by atoms with Gasteiger partial charge in [-0.1, -0.05) is 0 Å². The average Bonchev–Trinajstić information content (AvgIpc) is 1.87. The van der Waals surface area contributed by atoms with Crippen LogP contribution in [0, 0.1) is 5.41 Å². The van der Waals surface area contributed by atoms with E-state index < -0.39 is 11.4 Å². The second kappa shape index (κ2) is 5.57. The van der Waals surface area contributed by atoms with Crippen LogP contribution in [0.25, 0.3) is 0 Å².